The van der Waals surface area contributed by atoms with Gasteiger partial charge in [0.1, 0.15) is 11.5 Å². The SMILES string of the molecule is O=C1Nc2ccc(Cl)c(F)c2[C@]2(CCN(c3cncc(C(=O)NCc4ccc(F)nc4)n3)C2)O1. The zero-order chi connectivity index (χ0) is 23.9. The standard InChI is InChI=1S/C22H17ClF2N6O3/c23-13-2-3-14-18(19(13)25)22(34-21(33)30-14)5-6-31(11-22)17-10-26-9-15(29-17)20(32)28-8-12-1-4-16(24)27-7-12/h1-4,7,9-10H,5-6,8,11H2,(H,28,32)(H,30,33)/t22-/m1/s1. The largest absolute Gasteiger partial charge is 0.436 e. The summed E-state index contributed by atoms with van der Waals surface area (Å²) < 4.78 is 33.5. The van der Waals surface area contributed by atoms with E-state index in [1.54, 1.807) is 4.90 Å². The number of benzene rings is 1. The number of carbonyl (C=O) groups is 2. The molecule has 2 aliphatic rings. The molecule has 0 aliphatic carbocycles. The summed E-state index contributed by atoms with van der Waals surface area (Å²) >= 11 is 5.99. The summed E-state index contributed by atoms with van der Waals surface area (Å²) in [5, 5.41) is 5.10. The fourth-order valence-electron chi connectivity index (χ4n) is 4.13. The van der Waals surface area contributed by atoms with Crippen LogP contribution in [0.2, 0.25) is 5.02 Å². The summed E-state index contributed by atoms with van der Waals surface area (Å²) in [6.45, 7) is 0.607. The van der Waals surface area contributed by atoms with Crippen LogP contribution in [0, 0.1) is 11.8 Å². The number of halogens is 3. The van der Waals surface area contributed by atoms with Crippen LogP contribution in [0.4, 0.5) is 25.1 Å². The molecule has 1 atom stereocenters. The highest BCUT2D eigenvalue weighted by molar-refractivity contribution is 6.31. The monoisotopic (exact) mass is 486 g/mol. The van der Waals surface area contributed by atoms with Crippen molar-refractivity contribution in [2.45, 2.75) is 18.6 Å². The molecule has 5 rings (SSSR count). The molecule has 0 bridgehead atoms. The summed E-state index contributed by atoms with van der Waals surface area (Å²) in [4.78, 5) is 38.5. The summed E-state index contributed by atoms with van der Waals surface area (Å²) in [5.74, 6) is -1.38. The second-order valence-corrected chi connectivity index (χ2v) is 8.31. The van der Waals surface area contributed by atoms with Crippen molar-refractivity contribution in [2.75, 3.05) is 23.3 Å². The van der Waals surface area contributed by atoms with Crippen LogP contribution >= 0.6 is 11.6 Å². The highest BCUT2D eigenvalue weighted by Crippen LogP contribution is 2.46. The minimum atomic E-state index is -1.26. The number of nitrogens with zero attached hydrogens (tertiary/aromatic N) is 4. The number of hydrogen-bond donors (Lipinski definition) is 2. The Hall–Kier alpha value is -3.86. The number of rotatable bonds is 4. The van der Waals surface area contributed by atoms with Crippen molar-refractivity contribution in [3.63, 3.8) is 0 Å². The highest BCUT2D eigenvalue weighted by atomic mass is 35.5. The van der Waals surface area contributed by atoms with Crippen LogP contribution in [-0.2, 0) is 16.9 Å². The van der Waals surface area contributed by atoms with E-state index < -0.39 is 29.4 Å². The van der Waals surface area contributed by atoms with Crippen molar-refractivity contribution in [2.24, 2.45) is 0 Å². The number of hydrogen-bond acceptors (Lipinski definition) is 7. The molecule has 0 radical (unpaired) electrons. The minimum Gasteiger partial charge on any atom is -0.436 e. The third-order valence-electron chi connectivity index (χ3n) is 5.73. The second-order valence-electron chi connectivity index (χ2n) is 7.90. The summed E-state index contributed by atoms with van der Waals surface area (Å²) in [7, 11) is 0. The van der Waals surface area contributed by atoms with Crippen LogP contribution < -0.4 is 15.5 Å². The summed E-state index contributed by atoms with van der Waals surface area (Å²) in [6, 6.07) is 5.62. The van der Waals surface area contributed by atoms with Crippen molar-refractivity contribution < 1.29 is 23.1 Å². The van der Waals surface area contributed by atoms with Gasteiger partial charge in [-0.2, -0.15) is 4.39 Å². The Morgan fingerprint density at radius 3 is 2.88 bits per heavy atom. The van der Waals surface area contributed by atoms with E-state index in [0.717, 1.165) is 0 Å². The van der Waals surface area contributed by atoms with Crippen molar-refractivity contribution in [1.29, 1.82) is 0 Å². The van der Waals surface area contributed by atoms with Crippen LogP contribution in [0.3, 0.4) is 0 Å². The fourth-order valence-corrected chi connectivity index (χ4v) is 4.29. The van der Waals surface area contributed by atoms with Gasteiger partial charge in [0.2, 0.25) is 5.95 Å². The van der Waals surface area contributed by atoms with Gasteiger partial charge in [-0.05, 0) is 23.8 Å². The lowest BCUT2D eigenvalue weighted by Crippen LogP contribution is -2.42. The van der Waals surface area contributed by atoms with Gasteiger partial charge in [0, 0.05) is 25.7 Å². The molecule has 12 heteroatoms. The number of fused-ring (bicyclic) bond motifs is 2. The average molecular weight is 487 g/mol. The average Bonchev–Trinajstić information content (AvgIpc) is 3.24. The maximum Gasteiger partial charge on any atom is 0.412 e. The van der Waals surface area contributed by atoms with E-state index in [1.165, 1.54) is 42.9 Å². The van der Waals surface area contributed by atoms with Crippen LogP contribution in [0.25, 0.3) is 0 Å². The Balaban J connectivity index is 1.35. The maximum absolute atomic E-state index is 15.0. The first-order valence-electron chi connectivity index (χ1n) is 10.3. The molecule has 34 heavy (non-hydrogen) atoms. The topological polar surface area (TPSA) is 109 Å². The smallest absolute Gasteiger partial charge is 0.412 e. The number of pyridine rings is 1. The number of aromatic nitrogens is 3. The zero-order valence-electron chi connectivity index (χ0n) is 17.5. The number of amides is 2. The van der Waals surface area contributed by atoms with Crippen molar-refractivity contribution in [1.82, 2.24) is 20.3 Å². The Bertz CT molecular complexity index is 1290. The molecule has 0 saturated carbocycles. The maximum atomic E-state index is 15.0. The third kappa shape index (κ3) is 3.98. The predicted molar refractivity (Wildman–Crippen MR) is 117 cm³/mol. The van der Waals surface area contributed by atoms with E-state index in [4.69, 9.17) is 16.3 Å². The molecule has 2 aliphatic heterocycles. The Morgan fingerprint density at radius 2 is 2.09 bits per heavy atom. The van der Waals surface area contributed by atoms with Gasteiger partial charge in [-0.25, -0.2) is 19.2 Å². The molecule has 0 unspecified atom stereocenters. The minimum absolute atomic E-state index is 0.0606. The van der Waals surface area contributed by atoms with Crippen molar-refractivity contribution in [3.8, 4) is 0 Å². The lowest BCUT2D eigenvalue weighted by atomic mass is 9.89. The van der Waals surface area contributed by atoms with E-state index in [1.807, 2.05) is 0 Å². The first kappa shape index (κ1) is 22.0. The molecule has 3 aromatic rings. The third-order valence-corrected chi connectivity index (χ3v) is 6.02. The zero-order valence-corrected chi connectivity index (χ0v) is 18.3. The molecule has 174 valence electrons. The lowest BCUT2D eigenvalue weighted by molar-refractivity contribution is 0.0263. The Kier molecular flexibility index (Phi) is 5.48. The molecule has 2 aromatic heterocycles. The van der Waals surface area contributed by atoms with Gasteiger partial charge in [-0.15, -0.1) is 0 Å². The molecule has 1 fully saturated rings. The number of anilines is 2. The van der Waals surface area contributed by atoms with Gasteiger partial charge < -0.3 is 15.0 Å². The highest BCUT2D eigenvalue weighted by Gasteiger charge is 2.50. The van der Waals surface area contributed by atoms with Gasteiger partial charge in [0.05, 0.1) is 35.2 Å². The van der Waals surface area contributed by atoms with E-state index >= 15 is 0 Å². The van der Waals surface area contributed by atoms with Gasteiger partial charge in [-0.3, -0.25) is 15.1 Å². The van der Waals surface area contributed by atoms with E-state index in [0.29, 0.717) is 30.0 Å². The molecule has 1 spiro atoms. The molecule has 9 nitrogen and oxygen atoms in total. The predicted octanol–water partition coefficient (Wildman–Crippen LogP) is 3.40. The molecule has 4 heterocycles. The molecule has 1 saturated heterocycles. The number of carbonyl (C=O) groups excluding carboxylic acids is 2. The summed E-state index contributed by atoms with van der Waals surface area (Å²) in [6.07, 6.45) is 3.71. The van der Waals surface area contributed by atoms with Crippen LogP contribution in [-0.4, -0.2) is 40.0 Å². The second kappa shape index (κ2) is 8.49. The quantitative estimate of drug-likeness (QED) is 0.544. The first-order chi connectivity index (χ1) is 16.3. The van der Waals surface area contributed by atoms with Gasteiger partial charge in [0.25, 0.3) is 5.91 Å². The molecular weight excluding hydrogens is 470 g/mol. The van der Waals surface area contributed by atoms with E-state index in [2.05, 4.69) is 25.6 Å². The first-order valence-corrected chi connectivity index (χ1v) is 10.7. The molecule has 1 aromatic carbocycles. The normalized spacial score (nSPS) is 18.9. The van der Waals surface area contributed by atoms with Crippen LogP contribution in [0.15, 0.2) is 42.9 Å². The fraction of sp³-hybridized carbons (Fsp3) is 0.227. The van der Waals surface area contributed by atoms with Crippen molar-refractivity contribution >= 4 is 35.1 Å². The van der Waals surface area contributed by atoms with Gasteiger partial charge in [0.15, 0.2) is 11.4 Å². The van der Waals surface area contributed by atoms with Crippen LogP contribution in [0.1, 0.15) is 28.0 Å². The molecular formula is C22H17ClF2N6O3. The Labute approximate surface area is 197 Å². The van der Waals surface area contributed by atoms with E-state index in [-0.39, 0.29) is 29.4 Å². The lowest BCUT2D eigenvalue weighted by Gasteiger charge is -2.35. The van der Waals surface area contributed by atoms with Crippen LogP contribution in [0.5, 0.6) is 0 Å². The van der Waals surface area contributed by atoms with Gasteiger partial charge >= 0.3 is 6.09 Å². The molecule has 2 amide bonds. The summed E-state index contributed by atoms with van der Waals surface area (Å²) in [5.41, 5.74) is -0.105. The van der Waals surface area contributed by atoms with Gasteiger partial charge in [-0.1, -0.05) is 17.7 Å². The Morgan fingerprint density at radius 1 is 1.24 bits per heavy atom. The van der Waals surface area contributed by atoms with E-state index in [9.17, 15) is 18.4 Å². The number of nitrogens with one attached hydrogen (secondary N) is 2. The van der Waals surface area contributed by atoms with Crippen molar-refractivity contribution in [3.05, 3.63) is 76.5 Å². The molecule has 2 N–H and O–H groups in total. The number of ether oxygens (including phenoxy) is 1.